The Hall–Kier alpha value is -1.02. The second kappa shape index (κ2) is 10.9. The van der Waals surface area contributed by atoms with Gasteiger partial charge in [-0.05, 0) is 0 Å². The molecule has 2 rings (SSSR count). The fraction of sp³-hybridized carbons (Fsp3) is 0.889. The molecule has 0 aromatic rings. The van der Waals surface area contributed by atoms with Crippen LogP contribution >= 0.6 is 8.02 Å². The summed E-state index contributed by atoms with van der Waals surface area (Å²) >= 11 is 0. The average Bonchev–Trinajstić information content (AvgIpc) is 2.68. The predicted molar refractivity (Wildman–Crippen MR) is 110 cm³/mol. The molecule has 0 aliphatic carbocycles. The van der Waals surface area contributed by atoms with Crippen molar-refractivity contribution >= 4 is 20.0 Å². The summed E-state index contributed by atoms with van der Waals surface area (Å²) in [6, 6.07) is -0.430. The Morgan fingerprint density at radius 1 is 1.03 bits per heavy atom. The molecule has 2 heterocycles. The molecule has 2 fully saturated rings. The van der Waals surface area contributed by atoms with Gasteiger partial charge in [0.25, 0.3) is 0 Å². The number of nitrogens with one attached hydrogen (secondary N) is 2. The Kier molecular flexibility index (Phi) is 9.31. The quantitative estimate of drug-likeness (QED) is 0.123. The summed E-state index contributed by atoms with van der Waals surface area (Å²) in [6.07, 6.45) is -8.13. The van der Waals surface area contributed by atoms with Crippen LogP contribution in [0.3, 0.4) is 0 Å². The summed E-state index contributed by atoms with van der Waals surface area (Å²) in [5.74, 6) is -2.73. The predicted octanol–water partition coefficient (Wildman–Crippen LogP) is -1.20. The van der Waals surface area contributed by atoms with Crippen molar-refractivity contribution in [2.24, 2.45) is 0 Å². The van der Waals surface area contributed by atoms with E-state index < -0.39 is 69.4 Å². The van der Waals surface area contributed by atoms with Gasteiger partial charge in [-0.2, -0.15) is 0 Å². The van der Waals surface area contributed by atoms with Crippen molar-refractivity contribution in [2.45, 2.75) is 89.0 Å². The van der Waals surface area contributed by atoms with Crippen molar-refractivity contribution in [1.29, 1.82) is 0 Å². The Morgan fingerprint density at radius 2 is 1.56 bits per heavy atom. The molecule has 14 heteroatoms. The van der Waals surface area contributed by atoms with E-state index in [1.807, 2.05) is 0 Å². The summed E-state index contributed by atoms with van der Waals surface area (Å²) in [5, 5.41) is 44.4. The van der Waals surface area contributed by atoms with Crippen LogP contribution in [0.15, 0.2) is 0 Å². The molecule has 2 aliphatic rings. The molecule has 12 nitrogen and oxygen atoms in total. The number of halogens is 1. The van der Waals surface area contributed by atoms with Crippen LogP contribution < -0.4 is 10.2 Å². The summed E-state index contributed by atoms with van der Waals surface area (Å²) in [4.78, 5) is 25.0. The molecule has 6 N–H and O–H groups in total. The summed E-state index contributed by atoms with van der Waals surface area (Å²) in [7, 11) is -3.73. The molecule has 0 aromatic carbocycles. The second-order valence-electron chi connectivity index (χ2n) is 8.47. The fourth-order valence-corrected chi connectivity index (χ4v) is 6.10. The van der Waals surface area contributed by atoms with E-state index in [9.17, 15) is 30.0 Å². The van der Waals surface area contributed by atoms with E-state index in [-0.39, 0.29) is 25.1 Å². The standard InChI is InChI=1S/C18H34FN2O10P/c1-9(2)20-32(21-10(3)4)30-16(26)18(19,17(27)31-32)6-5-7-28-15-14(25)13(24)12(23)11(8-22)29-15/h9-15,20-25,32H,5-8H2,1-4H3/t11-,12+,13+,14-,15?/m1/s1. The van der Waals surface area contributed by atoms with E-state index in [1.54, 1.807) is 27.7 Å². The third kappa shape index (κ3) is 6.10. The molecule has 0 saturated carbocycles. The number of hydrogen-bond acceptors (Lipinski definition) is 12. The molecular weight excluding hydrogens is 454 g/mol. The third-order valence-corrected chi connectivity index (χ3v) is 7.73. The first-order valence-corrected chi connectivity index (χ1v) is 12.3. The SMILES string of the molecule is CC(C)N[PH]1(NC(C)C)OC(=O)C(F)(CCCOC2O[C@H](CO)[C@H](O)[C@H](O)[C@H]2O)C(=O)O1. The van der Waals surface area contributed by atoms with Crippen LogP contribution in [0.25, 0.3) is 0 Å². The topological polar surface area (TPSA) is 176 Å². The normalized spacial score (nSPS) is 36.2. The zero-order valence-corrected chi connectivity index (χ0v) is 19.5. The van der Waals surface area contributed by atoms with Crippen molar-refractivity contribution in [3.05, 3.63) is 0 Å². The van der Waals surface area contributed by atoms with E-state index in [0.717, 1.165) is 0 Å². The number of aliphatic hydroxyl groups excluding tert-OH is 4. The van der Waals surface area contributed by atoms with E-state index >= 15 is 4.39 Å². The maximum absolute atomic E-state index is 15.2. The number of rotatable bonds is 10. The van der Waals surface area contributed by atoms with Gasteiger partial charge in [-0.15, -0.1) is 0 Å². The van der Waals surface area contributed by atoms with Gasteiger partial charge < -0.3 is 0 Å². The fourth-order valence-electron chi connectivity index (χ4n) is 3.37. The van der Waals surface area contributed by atoms with Gasteiger partial charge >= 0.3 is 185 Å². The van der Waals surface area contributed by atoms with E-state index in [2.05, 4.69) is 10.2 Å². The molecule has 0 radical (unpaired) electrons. The number of carbonyl (C=O) groups is 2. The molecule has 2 saturated heterocycles. The van der Waals surface area contributed by atoms with Crippen molar-refractivity contribution < 1.29 is 52.9 Å². The number of hydrogen-bond donors (Lipinski definition) is 6. The van der Waals surface area contributed by atoms with Crippen molar-refractivity contribution in [1.82, 2.24) is 10.2 Å². The van der Waals surface area contributed by atoms with Gasteiger partial charge in [0.2, 0.25) is 0 Å². The Bertz CT molecular complexity index is 638. The van der Waals surface area contributed by atoms with E-state index in [1.165, 1.54) is 0 Å². The van der Waals surface area contributed by atoms with Crippen LogP contribution in [0.4, 0.5) is 4.39 Å². The Labute approximate surface area is 186 Å². The first-order valence-electron chi connectivity index (χ1n) is 10.5. The number of ether oxygens (including phenoxy) is 2. The van der Waals surface area contributed by atoms with E-state index in [4.69, 9.17) is 18.5 Å². The first-order chi connectivity index (χ1) is 14.8. The molecule has 188 valence electrons. The van der Waals surface area contributed by atoms with Gasteiger partial charge in [0, 0.05) is 0 Å². The van der Waals surface area contributed by atoms with Crippen LogP contribution in [-0.4, -0.2) is 94.0 Å². The van der Waals surface area contributed by atoms with E-state index in [0.29, 0.717) is 0 Å². The van der Waals surface area contributed by atoms with Gasteiger partial charge in [-0.1, -0.05) is 0 Å². The van der Waals surface area contributed by atoms with Crippen LogP contribution in [0.5, 0.6) is 0 Å². The minimum absolute atomic E-state index is 0.167. The molecule has 0 amide bonds. The first kappa shape index (κ1) is 27.2. The van der Waals surface area contributed by atoms with Crippen molar-refractivity contribution in [3.63, 3.8) is 0 Å². The summed E-state index contributed by atoms with van der Waals surface area (Å²) in [5.41, 5.74) is -3.04. The maximum atomic E-state index is 15.2. The van der Waals surface area contributed by atoms with Crippen LogP contribution in [0.2, 0.25) is 0 Å². The average molecular weight is 488 g/mol. The Morgan fingerprint density at radius 3 is 2.03 bits per heavy atom. The van der Waals surface area contributed by atoms with Crippen LogP contribution in [0, 0.1) is 0 Å². The monoisotopic (exact) mass is 488 g/mol. The van der Waals surface area contributed by atoms with Gasteiger partial charge in [-0.25, -0.2) is 0 Å². The van der Waals surface area contributed by atoms with Gasteiger partial charge in [-0.3, -0.25) is 0 Å². The zero-order valence-electron chi connectivity index (χ0n) is 18.5. The van der Waals surface area contributed by atoms with Crippen molar-refractivity contribution in [3.8, 4) is 0 Å². The molecule has 0 bridgehead atoms. The number of alkyl halides is 1. The number of aliphatic hydroxyl groups is 4. The molecule has 5 atom stereocenters. The van der Waals surface area contributed by atoms with Crippen molar-refractivity contribution in [2.75, 3.05) is 13.2 Å². The summed E-state index contributed by atoms with van der Waals surface area (Å²) < 4.78 is 36.2. The molecule has 1 unspecified atom stereocenters. The van der Waals surface area contributed by atoms with Crippen LogP contribution in [-0.2, 0) is 28.1 Å². The summed E-state index contributed by atoms with van der Waals surface area (Å²) in [6.45, 7) is 6.12. The second-order valence-corrected chi connectivity index (χ2v) is 10.7. The molecule has 2 aliphatic heterocycles. The molecule has 32 heavy (non-hydrogen) atoms. The minimum atomic E-state index is -3.73. The molecular formula is C18H34FN2O10P. The molecule has 0 aromatic heterocycles. The zero-order chi connectivity index (χ0) is 24.3. The number of carbonyl (C=O) groups excluding carboxylic acids is 2. The van der Waals surface area contributed by atoms with Gasteiger partial charge in [0.05, 0.1) is 0 Å². The third-order valence-electron chi connectivity index (χ3n) is 4.87. The van der Waals surface area contributed by atoms with Gasteiger partial charge in [0.1, 0.15) is 0 Å². The van der Waals surface area contributed by atoms with Gasteiger partial charge in [0.15, 0.2) is 0 Å². The Balaban J connectivity index is 1.95. The van der Waals surface area contributed by atoms with Crippen LogP contribution in [0.1, 0.15) is 40.5 Å². The molecule has 0 spiro atoms.